The summed E-state index contributed by atoms with van der Waals surface area (Å²) in [6.07, 6.45) is 0.690. The van der Waals surface area contributed by atoms with E-state index >= 15 is 0 Å². The van der Waals surface area contributed by atoms with E-state index < -0.39 is 10.0 Å². The number of hydrogen-bond acceptors (Lipinski definition) is 5. The minimum Gasteiger partial charge on any atom is -0.494 e. The molecule has 1 aliphatic heterocycles. The Bertz CT molecular complexity index is 1020. The number of nitrogens with one attached hydrogen (secondary N) is 2. The van der Waals surface area contributed by atoms with Crippen LogP contribution in [0.4, 0.5) is 5.69 Å². The molecule has 0 radical (unpaired) electrons. The molecule has 2 N–H and O–H groups in total. The van der Waals surface area contributed by atoms with Gasteiger partial charge in [-0.05, 0) is 55.8 Å². The average Bonchev–Trinajstić information content (AvgIpc) is 3.17. The zero-order valence-corrected chi connectivity index (χ0v) is 17.7. The van der Waals surface area contributed by atoms with Crippen molar-refractivity contribution in [1.29, 1.82) is 0 Å². The van der Waals surface area contributed by atoms with Gasteiger partial charge in [0.25, 0.3) is 15.9 Å². The third-order valence-corrected chi connectivity index (χ3v) is 6.19. The Kier molecular flexibility index (Phi) is 6.61. The van der Waals surface area contributed by atoms with Gasteiger partial charge in [0.15, 0.2) is 0 Å². The molecule has 0 saturated carbocycles. The monoisotopic (exact) mass is 431 g/mol. The molecule has 30 heavy (non-hydrogen) atoms. The largest absolute Gasteiger partial charge is 0.494 e. The first kappa shape index (κ1) is 21.6. The van der Waals surface area contributed by atoms with E-state index in [9.17, 15) is 18.0 Å². The van der Waals surface area contributed by atoms with Gasteiger partial charge in [0.2, 0.25) is 5.91 Å². The lowest BCUT2D eigenvalue weighted by molar-refractivity contribution is -0.127. The standard InChI is InChI=1S/C21H25N3O5S/c1-3-29-19-7-9-20(10-8-19)30(27,28)23-17-6-4-5-16(13-17)21(26)22-18-11-12-24(14-18)15(2)25/h4-10,13,18,23H,3,11-12,14H2,1-2H3,(H,22,26). The van der Waals surface area contributed by atoms with Crippen LogP contribution in [0, 0.1) is 0 Å². The molecule has 8 nitrogen and oxygen atoms in total. The zero-order valence-electron chi connectivity index (χ0n) is 16.9. The van der Waals surface area contributed by atoms with E-state index in [-0.39, 0.29) is 28.4 Å². The van der Waals surface area contributed by atoms with Crippen LogP contribution in [-0.4, -0.2) is 50.9 Å². The summed E-state index contributed by atoms with van der Waals surface area (Å²) in [7, 11) is -3.81. The molecule has 2 aromatic rings. The van der Waals surface area contributed by atoms with Crippen molar-refractivity contribution in [3.8, 4) is 5.75 Å². The molecule has 1 fully saturated rings. The van der Waals surface area contributed by atoms with E-state index in [4.69, 9.17) is 4.74 Å². The molecule has 0 spiro atoms. The van der Waals surface area contributed by atoms with E-state index in [1.165, 1.54) is 25.1 Å². The molecule has 1 unspecified atom stereocenters. The van der Waals surface area contributed by atoms with Crippen molar-refractivity contribution in [3.63, 3.8) is 0 Å². The van der Waals surface area contributed by atoms with Gasteiger partial charge in [-0.1, -0.05) is 6.07 Å². The van der Waals surface area contributed by atoms with Crippen LogP contribution in [0.25, 0.3) is 0 Å². The van der Waals surface area contributed by atoms with Crippen LogP contribution in [0.3, 0.4) is 0 Å². The van der Waals surface area contributed by atoms with Crippen molar-refractivity contribution in [1.82, 2.24) is 10.2 Å². The highest BCUT2D eigenvalue weighted by Crippen LogP contribution is 2.20. The smallest absolute Gasteiger partial charge is 0.261 e. The highest BCUT2D eigenvalue weighted by Gasteiger charge is 2.25. The van der Waals surface area contributed by atoms with Gasteiger partial charge in [0.1, 0.15) is 5.75 Å². The molecule has 160 valence electrons. The molecule has 2 aromatic carbocycles. The Labute approximate surface area is 176 Å². The Balaban J connectivity index is 1.67. The Hall–Kier alpha value is -3.07. The molecule has 3 rings (SSSR count). The SMILES string of the molecule is CCOc1ccc(S(=O)(=O)Nc2cccc(C(=O)NC3CCN(C(C)=O)C3)c2)cc1. The van der Waals surface area contributed by atoms with Gasteiger partial charge in [-0.25, -0.2) is 8.42 Å². The predicted octanol–water partition coefficient (Wildman–Crippen LogP) is 2.24. The van der Waals surface area contributed by atoms with Gasteiger partial charge < -0.3 is 15.0 Å². The summed E-state index contributed by atoms with van der Waals surface area (Å²) in [5.74, 6) is 0.260. The summed E-state index contributed by atoms with van der Waals surface area (Å²) >= 11 is 0. The fraction of sp³-hybridized carbons (Fsp3) is 0.333. The maximum atomic E-state index is 12.6. The minimum atomic E-state index is -3.81. The number of sulfonamides is 1. The number of ether oxygens (including phenoxy) is 1. The molecule has 0 aliphatic carbocycles. The van der Waals surface area contributed by atoms with E-state index in [2.05, 4.69) is 10.0 Å². The van der Waals surface area contributed by atoms with Gasteiger partial charge in [0, 0.05) is 37.3 Å². The minimum absolute atomic E-state index is 0.0163. The quantitative estimate of drug-likeness (QED) is 0.700. The number of nitrogens with zero attached hydrogens (tertiary/aromatic N) is 1. The first-order valence-corrected chi connectivity index (χ1v) is 11.2. The maximum Gasteiger partial charge on any atom is 0.261 e. The Morgan fingerprint density at radius 1 is 1.17 bits per heavy atom. The number of likely N-dealkylation sites (tertiary alicyclic amines) is 1. The van der Waals surface area contributed by atoms with Crippen LogP contribution in [0.5, 0.6) is 5.75 Å². The lowest BCUT2D eigenvalue weighted by Gasteiger charge is -2.15. The lowest BCUT2D eigenvalue weighted by Crippen LogP contribution is -2.38. The van der Waals surface area contributed by atoms with Crippen LogP contribution in [0.1, 0.15) is 30.6 Å². The number of carbonyl (C=O) groups excluding carboxylic acids is 2. The topological polar surface area (TPSA) is 105 Å². The molecule has 1 atom stereocenters. The van der Waals surface area contributed by atoms with Crippen molar-refractivity contribution in [3.05, 3.63) is 54.1 Å². The van der Waals surface area contributed by atoms with E-state index in [1.54, 1.807) is 35.2 Å². The zero-order chi connectivity index (χ0) is 21.7. The molecule has 9 heteroatoms. The summed E-state index contributed by atoms with van der Waals surface area (Å²) in [5, 5.41) is 2.90. The van der Waals surface area contributed by atoms with Crippen molar-refractivity contribution in [2.75, 3.05) is 24.4 Å². The second kappa shape index (κ2) is 9.17. The molecular weight excluding hydrogens is 406 g/mol. The van der Waals surface area contributed by atoms with Crippen LogP contribution in [-0.2, 0) is 14.8 Å². The van der Waals surface area contributed by atoms with Crippen LogP contribution in [0.15, 0.2) is 53.4 Å². The van der Waals surface area contributed by atoms with Crippen molar-refractivity contribution in [2.45, 2.75) is 31.2 Å². The van der Waals surface area contributed by atoms with E-state index in [0.717, 1.165) is 0 Å². The Morgan fingerprint density at radius 2 is 1.90 bits per heavy atom. The summed E-state index contributed by atoms with van der Waals surface area (Å²) in [5.41, 5.74) is 0.622. The fourth-order valence-electron chi connectivity index (χ4n) is 3.25. The first-order valence-electron chi connectivity index (χ1n) is 9.70. The van der Waals surface area contributed by atoms with Crippen LogP contribution < -0.4 is 14.8 Å². The highest BCUT2D eigenvalue weighted by atomic mass is 32.2. The number of amides is 2. The number of rotatable bonds is 7. The van der Waals surface area contributed by atoms with E-state index in [1.807, 2.05) is 6.92 Å². The maximum absolute atomic E-state index is 12.6. The number of hydrogen-bond donors (Lipinski definition) is 2. The summed E-state index contributed by atoms with van der Waals surface area (Å²) < 4.78 is 33.1. The van der Waals surface area contributed by atoms with Gasteiger partial charge in [-0.3, -0.25) is 14.3 Å². The molecule has 2 amide bonds. The normalized spacial score (nSPS) is 16.2. The number of anilines is 1. The van der Waals surface area contributed by atoms with Gasteiger partial charge in [-0.2, -0.15) is 0 Å². The van der Waals surface area contributed by atoms with E-state index in [0.29, 0.717) is 37.4 Å². The molecule has 1 saturated heterocycles. The number of benzene rings is 2. The van der Waals surface area contributed by atoms with Crippen LogP contribution >= 0.6 is 0 Å². The van der Waals surface area contributed by atoms with Gasteiger partial charge in [0.05, 0.1) is 11.5 Å². The van der Waals surface area contributed by atoms with Crippen molar-refractivity contribution in [2.24, 2.45) is 0 Å². The molecular formula is C21H25N3O5S. The van der Waals surface area contributed by atoms with Crippen molar-refractivity contribution >= 4 is 27.5 Å². The first-order chi connectivity index (χ1) is 14.3. The van der Waals surface area contributed by atoms with Gasteiger partial charge >= 0.3 is 0 Å². The lowest BCUT2D eigenvalue weighted by atomic mass is 10.1. The summed E-state index contributed by atoms with van der Waals surface area (Å²) in [4.78, 5) is 25.8. The second-order valence-corrected chi connectivity index (χ2v) is 8.70. The fourth-order valence-corrected chi connectivity index (χ4v) is 4.30. The van der Waals surface area contributed by atoms with Crippen molar-refractivity contribution < 1.29 is 22.7 Å². The Morgan fingerprint density at radius 3 is 2.53 bits per heavy atom. The third-order valence-electron chi connectivity index (χ3n) is 4.79. The van der Waals surface area contributed by atoms with Gasteiger partial charge in [-0.15, -0.1) is 0 Å². The summed E-state index contributed by atoms with van der Waals surface area (Å²) in [6, 6.07) is 12.3. The molecule has 0 bridgehead atoms. The predicted molar refractivity (Wildman–Crippen MR) is 113 cm³/mol. The molecule has 1 aliphatic rings. The second-order valence-electron chi connectivity index (χ2n) is 7.01. The van der Waals surface area contributed by atoms with Crippen LogP contribution in [0.2, 0.25) is 0 Å². The number of carbonyl (C=O) groups is 2. The molecule has 0 aromatic heterocycles. The average molecular weight is 432 g/mol. The summed E-state index contributed by atoms with van der Waals surface area (Å²) in [6.45, 7) is 4.94. The third kappa shape index (κ3) is 5.29. The molecule has 1 heterocycles. The highest BCUT2D eigenvalue weighted by molar-refractivity contribution is 7.92.